The Bertz CT molecular complexity index is 1060. The number of nitrogens with zero attached hydrogens (tertiary/aromatic N) is 2. The average molecular weight is 465 g/mol. The largest absolute Gasteiger partial charge is 0.507 e. The van der Waals surface area contributed by atoms with Crippen LogP contribution in [0.4, 0.5) is 8.78 Å². The van der Waals surface area contributed by atoms with E-state index >= 15 is 0 Å². The number of benzene rings is 1. The second-order valence-corrected chi connectivity index (χ2v) is 8.05. The molecule has 3 heterocycles. The Morgan fingerprint density at radius 3 is 2.76 bits per heavy atom. The van der Waals surface area contributed by atoms with Crippen molar-refractivity contribution in [3.05, 3.63) is 52.1 Å². The van der Waals surface area contributed by atoms with Crippen molar-refractivity contribution in [1.82, 2.24) is 15.1 Å². The number of hydrogen-bond donors (Lipinski definition) is 3. The van der Waals surface area contributed by atoms with Crippen molar-refractivity contribution in [3.8, 4) is 5.75 Å². The lowest BCUT2D eigenvalue weighted by Gasteiger charge is -2.43. The zero-order valence-corrected chi connectivity index (χ0v) is 18.2. The lowest BCUT2D eigenvalue weighted by molar-refractivity contribution is -0.134. The van der Waals surface area contributed by atoms with Crippen LogP contribution in [0.5, 0.6) is 5.75 Å². The zero-order valence-electron chi connectivity index (χ0n) is 18.2. The highest BCUT2D eigenvalue weighted by Gasteiger charge is 2.49. The van der Waals surface area contributed by atoms with Gasteiger partial charge in [-0.3, -0.25) is 9.59 Å². The second kappa shape index (κ2) is 8.99. The number of rotatable bonds is 7. The molecule has 2 amide bonds. The Balaban J connectivity index is 1.60. The lowest BCUT2D eigenvalue weighted by atomic mass is 9.96. The van der Waals surface area contributed by atoms with Crippen molar-refractivity contribution in [2.24, 2.45) is 0 Å². The zero-order chi connectivity index (χ0) is 23.9. The summed E-state index contributed by atoms with van der Waals surface area (Å²) in [5.41, 5.74) is 0.252. The quantitative estimate of drug-likeness (QED) is 0.550. The number of methoxy groups -OCH3 is 2. The van der Waals surface area contributed by atoms with Crippen molar-refractivity contribution in [3.63, 3.8) is 0 Å². The van der Waals surface area contributed by atoms with Gasteiger partial charge in [-0.05, 0) is 12.8 Å². The van der Waals surface area contributed by atoms with E-state index in [0.717, 1.165) is 6.07 Å². The average Bonchev–Trinajstić information content (AvgIpc) is 3.19. The van der Waals surface area contributed by atoms with Crippen LogP contribution in [0, 0.1) is 11.6 Å². The van der Waals surface area contributed by atoms with Crippen molar-refractivity contribution in [2.45, 2.75) is 31.5 Å². The molecule has 0 radical (unpaired) electrons. The van der Waals surface area contributed by atoms with E-state index in [-0.39, 0.29) is 35.2 Å². The highest BCUT2D eigenvalue weighted by molar-refractivity contribution is 6.00. The maximum atomic E-state index is 14.2. The highest BCUT2D eigenvalue weighted by Crippen LogP contribution is 2.43. The van der Waals surface area contributed by atoms with E-state index in [2.05, 4.69) is 5.32 Å². The first kappa shape index (κ1) is 23.0. The Hall–Kier alpha value is -3.18. The summed E-state index contributed by atoms with van der Waals surface area (Å²) < 4.78 is 37.7. The van der Waals surface area contributed by atoms with Crippen LogP contribution in [-0.4, -0.2) is 77.9 Å². The maximum absolute atomic E-state index is 14.2. The van der Waals surface area contributed by atoms with Gasteiger partial charge >= 0.3 is 0 Å². The molecule has 178 valence electrons. The number of carbonyl (C=O) groups is 2. The molecule has 1 aromatic rings. The summed E-state index contributed by atoms with van der Waals surface area (Å²) in [6, 6.07) is 1.52. The van der Waals surface area contributed by atoms with E-state index in [1.54, 1.807) is 9.80 Å². The minimum atomic E-state index is -1.71. The summed E-state index contributed by atoms with van der Waals surface area (Å²) in [6.07, 6.45) is -0.676. The summed E-state index contributed by atoms with van der Waals surface area (Å²) in [4.78, 5) is 29.2. The smallest absolute Gasteiger partial charge is 0.274 e. The third kappa shape index (κ3) is 3.91. The standard InChI is InChI=1S/C22H25F2N3O6/c1-32-6-5-26-10-12-3-4-15-17(19(28)20(29)18(22(26)31)27(12)15)21(30)25-9-13-14(24)7-11(23)8-16(13)33-2/h7-8,12,19,28-29H,3-6,9-10H2,1-2H3,(H,25,30). The Labute approximate surface area is 188 Å². The van der Waals surface area contributed by atoms with Crippen molar-refractivity contribution in [1.29, 1.82) is 0 Å². The van der Waals surface area contributed by atoms with Gasteiger partial charge in [-0.2, -0.15) is 0 Å². The van der Waals surface area contributed by atoms with Crippen molar-refractivity contribution < 1.29 is 38.1 Å². The molecule has 0 saturated carbocycles. The summed E-state index contributed by atoms with van der Waals surface area (Å²) in [7, 11) is 2.78. The van der Waals surface area contributed by atoms with Crippen molar-refractivity contribution >= 4 is 11.8 Å². The van der Waals surface area contributed by atoms with E-state index in [1.165, 1.54) is 14.2 Å². The van der Waals surface area contributed by atoms with E-state index in [9.17, 15) is 28.6 Å². The first-order valence-electron chi connectivity index (χ1n) is 10.5. The molecule has 11 heteroatoms. The monoisotopic (exact) mass is 465 g/mol. The fourth-order valence-corrected chi connectivity index (χ4v) is 4.62. The third-order valence-corrected chi connectivity index (χ3v) is 6.19. The third-order valence-electron chi connectivity index (χ3n) is 6.19. The van der Waals surface area contributed by atoms with Gasteiger partial charge in [-0.1, -0.05) is 0 Å². The molecule has 3 aliphatic rings. The normalized spacial score (nSPS) is 22.2. The SMILES string of the molecule is COCCN1CC2CCC3=C(C(=O)NCc4c(F)cc(F)cc4OC)C(O)C(O)=C(C1=O)N32. The van der Waals surface area contributed by atoms with Gasteiger partial charge in [0.05, 0.1) is 25.3 Å². The van der Waals surface area contributed by atoms with E-state index in [1.807, 2.05) is 0 Å². The maximum Gasteiger partial charge on any atom is 0.274 e. The molecule has 3 aliphatic heterocycles. The molecule has 0 bridgehead atoms. The van der Waals surface area contributed by atoms with Crippen LogP contribution < -0.4 is 10.1 Å². The molecular formula is C22H25F2N3O6. The number of piperazine rings is 1. The van der Waals surface area contributed by atoms with Gasteiger partial charge in [0.2, 0.25) is 0 Å². The van der Waals surface area contributed by atoms with Crippen LogP contribution in [0.1, 0.15) is 18.4 Å². The van der Waals surface area contributed by atoms with Gasteiger partial charge < -0.3 is 34.8 Å². The lowest BCUT2D eigenvalue weighted by Crippen LogP contribution is -2.55. The molecule has 2 atom stereocenters. The molecule has 1 aromatic carbocycles. The molecule has 2 saturated heterocycles. The van der Waals surface area contributed by atoms with E-state index in [0.29, 0.717) is 44.3 Å². The number of nitrogens with one attached hydrogen (secondary N) is 1. The molecule has 33 heavy (non-hydrogen) atoms. The van der Waals surface area contributed by atoms with E-state index in [4.69, 9.17) is 9.47 Å². The molecule has 0 spiro atoms. The van der Waals surface area contributed by atoms with E-state index < -0.39 is 35.3 Å². The molecular weight excluding hydrogens is 440 g/mol. The Kier molecular flexibility index (Phi) is 6.26. The molecule has 2 fully saturated rings. The topological polar surface area (TPSA) is 112 Å². The van der Waals surface area contributed by atoms with Crippen LogP contribution in [0.25, 0.3) is 0 Å². The van der Waals surface area contributed by atoms with Gasteiger partial charge in [0.15, 0.2) is 5.76 Å². The number of allylic oxidation sites excluding steroid dienone is 1. The number of amides is 2. The highest BCUT2D eigenvalue weighted by atomic mass is 19.1. The second-order valence-electron chi connectivity index (χ2n) is 8.05. The van der Waals surface area contributed by atoms with Crippen LogP contribution in [0.2, 0.25) is 0 Å². The van der Waals surface area contributed by atoms with Gasteiger partial charge in [0.25, 0.3) is 11.8 Å². The van der Waals surface area contributed by atoms with Gasteiger partial charge in [0.1, 0.15) is 29.2 Å². The summed E-state index contributed by atoms with van der Waals surface area (Å²) in [5.74, 6) is -3.56. The predicted octanol–water partition coefficient (Wildman–Crippen LogP) is 0.941. The number of aliphatic hydroxyl groups excluding tert-OH is 2. The Morgan fingerprint density at radius 2 is 2.06 bits per heavy atom. The molecule has 2 unspecified atom stereocenters. The first-order valence-corrected chi connectivity index (χ1v) is 10.5. The number of hydrogen-bond acceptors (Lipinski definition) is 7. The molecule has 4 rings (SSSR count). The van der Waals surface area contributed by atoms with Crippen LogP contribution in [0.15, 0.2) is 34.9 Å². The van der Waals surface area contributed by atoms with Gasteiger partial charge in [-0.25, -0.2) is 8.78 Å². The fourth-order valence-electron chi connectivity index (χ4n) is 4.62. The number of carbonyl (C=O) groups excluding carboxylic acids is 2. The summed E-state index contributed by atoms with van der Waals surface area (Å²) in [5, 5.41) is 23.9. The molecule has 3 N–H and O–H groups in total. The first-order chi connectivity index (χ1) is 15.8. The fraction of sp³-hybridized carbons (Fsp3) is 0.455. The number of halogens is 2. The van der Waals surface area contributed by atoms with Crippen molar-refractivity contribution in [2.75, 3.05) is 33.9 Å². The van der Waals surface area contributed by atoms with Gasteiger partial charge in [-0.15, -0.1) is 0 Å². The van der Waals surface area contributed by atoms with Crippen LogP contribution in [-0.2, 0) is 20.9 Å². The van der Waals surface area contributed by atoms with Gasteiger partial charge in [0, 0.05) is 50.1 Å². The summed E-state index contributed by atoms with van der Waals surface area (Å²) in [6.45, 7) is 0.729. The minimum absolute atomic E-state index is 0.0369. The molecule has 9 nitrogen and oxygen atoms in total. The predicted molar refractivity (Wildman–Crippen MR) is 111 cm³/mol. The molecule has 0 aromatic heterocycles. The van der Waals surface area contributed by atoms with Crippen LogP contribution >= 0.6 is 0 Å². The minimum Gasteiger partial charge on any atom is -0.507 e. The van der Waals surface area contributed by atoms with Crippen LogP contribution in [0.3, 0.4) is 0 Å². The number of aliphatic hydroxyl groups is 2. The number of ether oxygens (including phenoxy) is 2. The molecule has 0 aliphatic carbocycles. The Morgan fingerprint density at radius 1 is 1.30 bits per heavy atom. The summed E-state index contributed by atoms with van der Waals surface area (Å²) >= 11 is 0.